The van der Waals surface area contributed by atoms with Crippen molar-refractivity contribution in [2.45, 2.75) is 141 Å². The molecule has 2 saturated carbocycles. The van der Waals surface area contributed by atoms with Gasteiger partial charge in [0.2, 0.25) is 0 Å². The minimum atomic E-state index is -0.0634. The Morgan fingerprint density at radius 2 is 1.32 bits per heavy atom. The summed E-state index contributed by atoms with van der Waals surface area (Å²) in [6.45, 7) is 4.44. The van der Waals surface area contributed by atoms with Crippen molar-refractivity contribution >= 4 is 5.57 Å². The summed E-state index contributed by atoms with van der Waals surface area (Å²) < 4.78 is 30.1. The summed E-state index contributed by atoms with van der Waals surface area (Å²) in [6.07, 6.45) is 24.3. The molecule has 2 aromatic rings. The molecule has 0 N–H and O–H groups in total. The Balaban J connectivity index is 1.11. The van der Waals surface area contributed by atoms with Crippen LogP contribution in [0.15, 0.2) is 42.5 Å². The molecule has 0 spiro atoms. The van der Waals surface area contributed by atoms with Crippen LogP contribution >= 0.6 is 0 Å². The lowest BCUT2D eigenvalue weighted by molar-refractivity contribution is 0.155. The van der Waals surface area contributed by atoms with E-state index in [0.29, 0.717) is 11.8 Å². The number of aryl methyl sites for hydroxylation is 1. The SMILES string of the molecule is CCCCCC1CCC(C2CCC(c3ccc(C4=CCC(c5ccc(CCCC)c(F)c5)CC4)c(F)c3)CC2)CC1. The molecule has 2 fully saturated rings. The van der Waals surface area contributed by atoms with Crippen molar-refractivity contribution in [2.75, 3.05) is 0 Å². The molecule has 3 aliphatic rings. The Morgan fingerprint density at radius 3 is 1.95 bits per heavy atom. The summed E-state index contributed by atoms with van der Waals surface area (Å²) in [5.41, 5.74) is 5.03. The molecule has 0 radical (unpaired) electrons. The zero-order valence-corrected chi connectivity index (χ0v) is 25.9. The molecular weight excluding hydrogens is 506 g/mol. The van der Waals surface area contributed by atoms with Crippen molar-refractivity contribution in [3.8, 4) is 0 Å². The summed E-state index contributed by atoms with van der Waals surface area (Å²) in [6, 6.07) is 11.9. The van der Waals surface area contributed by atoms with Gasteiger partial charge in [-0.25, -0.2) is 8.78 Å². The topological polar surface area (TPSA) is 0 Å². The van der Waals surface area contributed by atoms with Gasteiger partial charge in [0.25, 0.3) is 0 Å². The summed E-state index contributed by atoms with van der Waals surface area (Å²) in [5.74, 6) is 3.55. The molecule has 2 aromatic carbocycles. The third-order valence-corrected chi connectivity index (χ3v) is 11.1. The van der Waals surface area contributed by atoms with E-state index in [-0.39, 0.29) is 11.6 Å². The Bertz CT molecular complexity index is 1130. The van der Waals surface area contributed by atoms with E-state index in [4.69, 9.17) is 0 Å². The molecule has 0 aromatic heterocycles. The van der Waals surface area contributed by atoms with E-state index in [0.717, 1.165) is 78.5 Å². The molecule has 0 saturated heterocycles. The largest absolute Gasteiger partial charge is 0.207 e. The van der Waals surface area contributed by atoms with Crippen LogP contribution in [0.25, 0.3) is 5.57 Å². The molecule has 0 amide bonds. The van der Waals surface area contributed by atoms with E-state index in [9.17, 15) is 4.39 Å². The predicted octanol–water partition coefficient (Wildman–Crippen LogP) is 12.3. The Hall–Kier alpha value is -1.96. The van der Waals surface area contributed by atoms with E-state index < -0.39 is 0 Å². The quantitative estimate of drug-likeness (QED) is 0.240. The number of allylic oxidation sites excluding steroid dienone is 2. The van der Waals surface area contributed by atoms with Crippen LogP contribution in [0.4, 0.5) is 8.78 Å². The number of benzene rings is 2. The highest BCUT2D eigenvalue weighted by Gasteiger charge is 2.31. The minimum absolute atomic E-state index is 0.0537. The molecule has 0 heterocycles. The second-order valence-electron chi connectivity index (χ2n) is 13.8. The van der Waals surface area contributed by atoms with Gasteiger partial charge in [-0.15, -0.1) is 0 Å². The molecule has 0 bridgehead atoms. The Morgan fingerprint density at radius 1 is 0.659 bits per heavy atom. The van der Waals surface area contributed by atoms with Gasteiger partial charge in [-0.05, 0) is 135 Å². The Labute approximate surface area is 249 Å². The highest BCUT2D eigenvalue weighted by atomic mass is 19.1. The van der Waals surface area contributed by atoms with Crippen LogP contribution in [0.3, 0.4) is 0 Å². The lowest BCUT2D eigenvalue weighted by Crippen LogP contribution is -2.25. The molecule has 1 unspecified atom stereocenters. The van der Waals surface area contributed by atoms with Crippen LogP contribution in [0.2, 0.25) is 0 Å². The van der Waals surface area contributed by atoms with Crippen LogP contribution in [0.5, 0.6) is 0 Å². The maximum atomic E-state index is 15.4. The van der Waals surface area contributed by atoms with E-state index in [1.165, 1.54) is 82.6 Å². The van der Waals surface area contributed by atoms with Gasteiger partial charge in [0.05, 0.1) is 0 Å². The zero-order valence-electron chi connectivity index (χ0n) is 25.9. The van der Waals surface area contributed by atoms with E-state index >= 15 is 4.39 Å². The molecule has 3 aliphatic carbocycles. The molecule has 224 valence electrons. The predicted molar refractivity (Wildman–Crippen MR) is 170 cm³/mol. The second kappa shape index (κ2) is 15.0. The highest BCUT2D eigenvalue weighted by molar-refractivity contribution is 5.67. The fourth-order valence-electron chi connectivity index (χ4n) is 8.37. The van der Waals surface area contributed by atoms with E-state index in [1.54, 1.807) is 6.07 Å². The number of hydrogen-bond acceptors (Lipinski definition) is 0. The third kappa shape index (κ3) is 7.91. The number of hydrogen-bond donors (Lipinski definition) is 0. The first-order chi connectivity index (χ1) is 20.1. The first-order valence-electron chi connectivity index (χ1n) is 17.3. The summed E-state index contributed by atoms with van der Waals surface area (Å²) in [5, 5.41) is 0. The van der Waals surface area contributed by atoms with E-state index in [2.05, 4.69) is 32.1 Å². The third-order valence-electron chi connectivity index (χ3n) is 11.1. The van der Waals surface area contributed by atoms with Gasteiger partial charge in [0.1, 0.15) is 11.6 Å². The molecule has 0 nitrogen and oxygen atoms in total. The Kier molecular flexibility index (Phi) is 11.1. The van der Waals surface area contributed by atoms with Gasteiger partial charge < -0.3 is 0 Å². The van der Waals surface area contributed by atoms with E-state index in [1.807, 2.05) is 18.2 Å². The fraction of sp³-hybridized carbons (Fsp3) is 0.641. The first kappa shape index (κ1) is 30.5. The van der Waals surface area contributed by atoms with Gasteiger partial charge in [-0.1, -0.05) is 89.1 Å². The molecule has 5 rings (SSSR count). The minimum Gasteiger partial charge on any atom is -0.207 e. The normalized spacial score (nSPS) is 27.0. The maximum Gasteiger partial charge on any atom is 0.130 e. The first-order valence-corrected chi connectivity index (χ1v) is 17.3. The average Bonchev–Trinajstić information content (AvgIpc) is 3.01. The van der Waals surface area contributed by atoms with Crippen LogP contribution in [0.1, 0.15) is 157 Å². The van der Waals surface area contributed by atoms with Crippen LogP contribution < -0.4 is 0 Å². The van der Waals surface area contributed by atoms with Gasteiger partial charge in [-0.2, -0.15) is 0 Å². The standard InChI is InChI=1S/C39H54F2/c1-3-5-7-8-28-10-12-29(13-11-28)30-14-16-31(17-15-30)36-24-25-37(39(41)27-36)33-20-18-32(19-21-33)35-23-22-34(9-6-4-2)38(40)26-35/h20,22-32H,3-19,21H2,1-2H3. The van der Waals surface area contributed by atoms with Gasteiger partial charge >= 0.3 is 0 Å². The fourth-order valence-corrected chi connectivity index (χ4v) is 8.37. The van der Waals surface area contributed by atoms with Gasteiger partial charge in [0.15, 0.2) is 0 Å². The number of halogens is 2. The van der Waals surface area contributed by atoms with Crippen LogP contribution in [-0.2, 0) is 6.42 Å². The lowest BCUT2D eigenvalue weighted by atomic mass is 9.68. The van der Waals surface area contributed by atoms with Crippen molar-refractivity contribution < 1.29 is 8.78 Å². The van der Waals surface area contributed by atoms with Gasteiger partial charge in [0, 0.05) is 5.56 Å². The summed E-state index contributed by atoms with van der Waals surface area (Å²) in [4.78, 5) is 0. The van der Waals surface area contributed by atoms with Crippen molar-refractivity contribution in [3.05, 3.63) is 76.4 Å². The molecule has 1 atom stereocenters. The van der Waals surface area contributed by atoms with Gasteiger partial charge in [-0.3, -0.25) is 0 Å². The van der Waals surface area contributed by atoms with Crippen molar-refractivity contribution in [2.24, 2.45) is 17.8 Å². The average molecular weight is 561 g/mol. The molecule has 41 heavy (non-hydrogen) atoms. The highest BCUT2D eigenvalue weighted by Crippen LogP contribution is 2.45. The summed E-state index contributed by atoms with van der Waals surface area (Å²) >= 11 is 0. The molecule has 0 aliphatic heterocycles. The van der Waals surface area contributed by atoms with Crippen molar-refractivity contribution in [3.63, 3.8) is 0 Å². The van der Waals surface area contributed by atoms with Crippen molar-refractivity contribution in [1.29, 1.82) is 0 Å². The van der Waals surface area contributed by atoms with Crippen molar-refractivity contribution in [1.82, 2.24) is 0 Å². The maximum absolute atomic E-state index is 15.4. The number of rotatable bonds is 11. The molecular formula is C39H54F2. The van der Waals surface area contributed by atoms with Crippen LogP contribution in [-0.4, -0.2) is 0 Å². The smallest absolute Gasteiger partial charge is 0.130 e. The second-order valence-corrected chi connectivity index (χ2v) is 13.8. The summed E-state index contributed by atoms with van der Waals surface area (Å²) in [7, 11) is 0. The number of unbranched alkanes of at least 4 members (excludes halogenated alkanes) is 3. The monoisotopic (exact) mass is 560 g/mol. The zero-order chi connectivity index (χ0) is 28.6. The lowest BCUT2D eigenvalue weighted by Gasteiger charge is -2.38. The van der Waals surface area contributed by atoms with Crippen LogP contribution in [0, 0.1) is 29.4 Å². The molecule has 2 heteroatoms.